The molecule has 1 atom stereocenters. The van der Waals surface area contributed by atoms with E-state index < -0.39 is 0 Å². The lowest BCUT2D eigenvalue weighted by molar-refractivity contribution is 0.628. The molecular formula is C38H18FN4P. The normalized spacial score (nSPS) is 11.7. The fourth-order valence-electron chi connectivity index (χ4n) is 6.21. The molecule has 5 aromatic rings. The first-order chi connectivity index (χ1) is 21.4. The molecule has 1 unspecified atom stereocenters. The second kappa shape index (κ2) is 10.3. The van der Waals surface area contributed by atoms with E-state index in [-0.39, 0.29) is 17.0 Å². The molecule has 0 saturated carbocycles. The Morgan fingerprint density at radius 3 is 1.20 bits per heavy atom. The van der Waals surface area contributed by atoms with E-state index in [9.17, 15) is 25.4 Å². The Kier molecular flexibility index (Phi) is 6.28. The van der Waals surface area contributed by atoms with Crippen LogP contribution in [0.3, 0.4) is 0 Å². The molecule has 0 aromatic heterocycles. The van der Waals surface area contributed by atoms with Gasteiger partial charge < -0.3 is 0 Å². The van der Waals surface area contributed by atoms with E-state index in [2.05, 4.69) is 33.5 Å². The molecule has 0 fully saturated rings. The predicted octanol–water partition coefficient (Wildman–Crippen LogP) is 8.32. The number of hydrogen-bond donors (Lipinski definition) is 0. The highest BCUT2D eigenvalue weighted by atomic mass is 31.0. The van der Waals surface area contributed by atoms with Crippen molar-refractivity contribution in [1.29, 1.82) is 21.0 Å². The summed E-state index contributed by atoms with van der Waals surface area (Å²) in [5, 5.41) is 41.1. The minimum atomic E-state index is -0.336. The summed E-state index contributed by atoms with van der Waals surface area (Å²) in [5.41, 5.74) is 11.0. The zero-order chi connectivity index (χ0) is 30.5. The van der Waals surface area contributed by atoms with Gasteiger partial charge in [0.2, 0.25) is 0 Å². The lowest BCUT2D eigenvalue weighted by atomic mass is 9.93. The molecule has 0 aliphatic heterocycles. The fraction of sp³-hybridized carbons (Fsp3) is 0. The molecule has 7 rings (SSSR count). The van der Waals surface area contributed by atoms with Gasteiger partial charge >= 0.3 is 0 Å². The summed E-state index contributed by atoms with van der Waals surface area (Å²) in [5.74, 6) is -0.336. The highest BCUT2D eigenvalue weighted by molar-refractivity contribution is 7.27. The monoisotopic (exact) mass is 580 g/mol. The van der Waals surface area contributed by atoms with E-state index in [1.54, 1.807) is 12.1 Å². The standard InChI is InChI=1S/C38H18FN4P/c39-27-7-1-21(2-8-27)23-5-11-29-31-15-36-32(16-35(31)37(33(29)13-23)25(17-40)18-41)30-12-6-24(22-3-9-28(44)10-4-22)14-34(30)38(36)26(19-42)20-43/h1-16H,44H2. The molecule has 4 nitrogen and oxygen atoms in total. The molecule has 0 spiro atoms. The van der Waals surface area contributed by atoms with E-state index >= 15 is 0 Å². The van der Waals surface area contributed by atoms with Gasteiger partial charge in [-0.2, -0.15) is 21.0 Å². The van der Waals surface area contributed by atoms with Crippen LogP contribution in [0, 0.1) is 51.1 Å². The van der Waals surface area contributed by atoms with Gasteiger partial charge in [-0.05, 0) is 108 Å². The van der Waals surface area contributed by atoms with Crippen molar-refractivity contribution in [2.75, 3.05) is 0 Å². The number of rotatable bonds is 2. The Hall–Kier alpha value is -6.10. The third kappa shape index (κ3) is 4.05. The number of hydrogen-bond acceptors (Lipinski definition) is 4. The molecule has 0 bridgehead atoms. The number of benzene rings is 5. The van der Waals surface area contributed by atoms with E-state index in [0.717, 1.165) is 72.1 Å². The van der Waals surface area contributed by atoms with Gasteiger partial charge in [-0.25, -0.2) is 4.39 Å². The van der Waals surface area contributed by atoms with Gasteiger partial charge in [0.05, 0.1) is 0 Å². The summed E-state index contributed by atoms with van der Waals surface area (Å²) >= 11 is 0. The zero-order valence-electron chi connectivity index (χ0n) is 23.0. The molecule has 0 radical (unpaired) electrons. The number of nitrogens with zero attached hydrogens (tertiary/aromatic N) is 4. The Morgan fingerprint density at radius 1 is 0.432 bits per heavy atom. The van der Waals surface area contributed by atoms with E-state index in [1.807, 2.05) is 72.8 Å². The van der Waals surface area contributed by atoms with Crippen LogP contribution in [-0.2, 0) is 0 Å². The molecule has 44 heavy (non-hydrogen) atoms. The van der Waals surface area contributed by atoms with Crippen LogP contribution in [0.25, 0.3) is 55.7 Å². The van der Waals surface area contributed by atoms with Crippen LogP contribution >= 0.6 is 9.24 Å². The molecule has 0 amide bonds. The Balaban J connectivity index is 1.48. The van der Waals surface area contributed by atoms with Crippen molar-refractivity contribution in [3.63, 3.8) is 0 Å². The second-order valence-electron chi connectivity index (χ2n) is 10.5. The van der Waals surface area contributed by atoms with Crippen molar-refractivity contribution in [2.45, 2.75) is 0 Å². The second-order valence-corrected chi connectivity index (χ2v) is 11.2. The predicted molar refractivity (Wildman–Crippen MR) is 172 cm³/mol. The molecule has 2 aliphatic rings. The molecule has 2 aliphatic carbocycles. The Bertz CT molecular complexity index is 2120. The van der Waals surface area contributed by atoms with Gasteiger partial charge in [0, 0.05) is 11.1 Å². The number of nitriles is 4. The van der Waals surface area contributed by atoms with Crippen LogP contribution in [0.15, 0.2) is 108 Å². The fourth-order valence-corrected chi connectivity index (χ4v) is 6.40. The van der Waals surface area contributed by atoms with Gasteiger partial charge in [-0.15, -0.1) is 9.24 Å². The third-order valence-electron chi connectivity index (χ3n) is 8.22. The molecule has 0 N–H and O–H groups in total. The molecule has 0 heterocycles. The van der Waals surface area contributed by atoms with Gasteiger partial charge in [-0.3, -0.25) is 0 Å². The smallest absolute Gasteiger partial charge is 0.138 e. The highest BCUT2D eigenvalue weighted by Gasteiger charge is 2.34. The van der Waals surface area contributed by atoms with Crippen molar-refractivity contribution in [1.82, 2.24) is 0 Å². The average Bonchev–Trinajstić information content (AvgIpc) is 3.53. The minimum Gasteiger partial charge on any atom is -0.207 e. The maximum atomic E-state index is 13.6. The van der Waals surface area contributed by atoms with Gasteiger partial charge in [0.25, 0.3) is 0 Å². The quantitative estimate of drug-likeness (QED) is 0.152. The van der Waals surface area contributed by atoms with Crippen molar-refractivity contribution in [3.05, 3.63) is 136 Å². The van der Waals surface area contributed by atoms with Crippen LogP contribution in [0.2, 0.25) is 0 Å². The van der Waals surface area contributed by atoms with Crippen LogP contribution in [-0.4, -0.2) is 0 Å². The minimum absolute atomic E-state index is 0.0118. The summed E-state index contributed by atoms with van der Waals surface area (Å²) in [6, 6.07) is 38.3. The maximum Gasteiger partial charge on any atom is 0.138 e. The van der Waals surface area contributed by atoms with Crippen molar-refractivity contribution < 1.29 is 4.39 Å². The molecule has 5 aromatic carbocycles. The summed E-state index contributed by atoms with van der Waals surface area (Å²) < 4.78 is 13.6. The Labute approximate surface area is 255 Å². The average molecular weight is 581 g/mol. The van der Waals surface area contributed by atoms with Crippen molar-refractivity contribution >= 4 is 25.7 Å². The lowest BCUT2D eigenvalue weighted by Crippen LogP contribution is -1.91. The van der Waals surface area contributed by atoms with Gasteiger partial charge in [0.15, 0.2) is 0 Å². The zero-order valence-corrected chi connectivity index (χ0v) is 24.1. The number of allylic oxidation sites excluding steroid dienone is 2. The highest BCUT2D eigenvalue weighted by Crippen LogP contribution is 2.54. The topological polar surface area (TPSA) is 95.2 Å². The van der Waals surface area contributed by atoms with Gasteiger partial charge in [0.1, 0.15) is 41.2 Å². The summed E-state index contributed by atoms with van der Waals surface area (Å²) in [6.45, 7) is 0. The van der Waals surface area contributed by atoms with Gasteiger partial charge in [-0.1, -0.05) is 60.7 Å². The largest absolute Gasteiger partial charge is 0.207 e. The molecule has 202 valence electrons. The third-order valence-corrected chi connectivity index (χ3v) is 8.61. The van der Waals surface area contributed by atoms with Crippen LogP contribution in [0.5, 0.6) is 0 Å². The number of halogens is 1. The first kappa shape index (κ1) is 26.8. The molecule has 6 heteroatoms. The van der Waals surface area contributed by atoms with E-state index in [0.29, 0.717) is 11.1 Å². The van der Waals surface area contributed by atoms with Crippen molar-refractivity contribution in [2.24, 2.45) is 0 Å². The van der Waals surface area contributed by atoms with Crippen LogP contribution in [0.4, 0.5) is 4.39 Å². The SMILES string of the molecule is N#CC(C#N)=C1c2cc(-c3ccc(F)cc3)ccc2-c2cc3c(cc21)-c1ccc(-c2ccc(P)cc2)cc1C3=C(C#N)C#N. The van der Waals surface area contributed by atoms with Crippen molar-refractivity contribution in [3.8, 4) is 68.8 Å². The van der Waals surface area contributed by atoms with E-state index in [1.165, 1.54) is 12.1 Å². The number of fused-ring (bicyclic) bond motifs is 6. The molecule has 0 saturated heterocycles. The summed E-state index contributed by atoms with van der Waals surface area (Å²) in [7, 11) is 2.67. The van der Waals surface area contributed by atoms with E-state index in [4.69, 9.17) is 0 Å². The van der Waals surface area contributed by atoms with Crippen LogP contribution < -0.4 is 5.30 Å². The lowest BCUT2D eigenvalue weighted by Gasteiger charge is -2.08. The molecular weight excluding hydrogens is 562 g/mol. The summed E-state index contributed by atoms with van der Waals surface area (Å²) in [4.78, 5) is 0. The van der Waals surface area contributed by atoms with Crippen LogP contribution in [0.1, 0.15) is 22.3 Å². The first-order valence-corrected chi connectivity index (χ1v) is 14.2. The first-order valence-electron chi connectivity index (χ1n) is 13.6. The maximum absolute atomic E-state index is 13.6. The summed E-state index contributed by atoms with van der Waals surface area (Å²) in [6.07, 6.45) is 0. The Morgan fingerprint density at radius 2 is 0.795 bits per heavy atom.